The summed E-state index contributed by atoms with van der Waals surface area (Å²) < 4.78 is 5.26. The number of hydrogen-bond donors (Lipinski definition) is 1. The maximum absolute atomic E-state index is 6.27. The van der Waals surface area contributed by atoms with Crippen LogP contribution in [0.4, 0.5) is 5.69 Å². The Morgan fingerprint density at radius 3 is 2.43 bits per heavy atom. The summed E-state index contributed by atoms with van der Waals surface area (Å²) in [7, 11) is 1.65. The van der Waals surface area contributed by atoms with Gasteiger partial charge in [0.15, 0.2) is 0 Å². The molecule has 0 aliphatic carbocycles. The summed E-state index contributed by atoms with van der Waals surface area (Å²) in [6, 6.07) is 13.7. The van der Waals surface area contributed by atoms with Crippen molar-refractivity contribution in [1.29, 1.82) is 0 Å². The maximum Gasteiger partial charge on any atom is 0.121 e. The first-order valence-electron chi connectivity index (χ1n) is 6.99. The Kier molecular flexibility index (Phi) is 5.77. The predicted molar refractivity (Wildman–Crippen MR) is 90.7 cm³/mol. The SMILES string of the molecule is CCCC(Nc1cc(OC)ccc1Cl)c1ccc(Cl)cc1. The lowest BCUT2D eigenvalue weighted by molar-refractivity contribution is 0.415. The molecule has 4 heteroatoms. The van der Waals surface area contributed by atoms with Crippen molar-refractivity contribution >= 4 is 28.9 Å². The average Bonchev–Trinajstić information content (AvgIpc) is 2.49. The molecule has 0 amide bonds. The van der Waals surface area contributed by atoms with Crippen LogP contribution in [0.25, 0.3) is 0 Å². The normalized spacial score (nSPS) is 12.0. The fraction of sp³-hybridized carbons (Fsp3) is 0.294. The number of halogens is 2. The molecule has 0 saturated heterocycles. The van der Waals surface area contributed by atoms with Gasteiger partial charge in [-0.1, -0.05) is 48.7 Å². The molecule has 21 heavy (non-hydrogen) atoms. The molecule has 0 spiro atoms. The van der Waals surface area contributed by atoms with Crippen LogP contribution >= 0.6 is 23.2 Å². The van der Waals surface area contributed by atoms with Crippen molar-refractivity contribution < 1.29 is 4.74 Å². The summed E-state index contributed by atoms with van der Waals surface area (Å²) in [4.78, 5) is 0. The standard InChI is InChI=1S/C17H19Cl2NO/c1-3-4-16(12-5-7-13(18)8-6-12)20-17-11-14(21-2)9-10-15(17)19/h5-11,16,20H,3-4H2,1-2H3. The fourth-order valence-corrected chi connectivity index (χ4v) is 2.53. The Morgan fingerprint density at radius 1 is 1.10 bits per heavy atom. The first-order valence-corrected chi connectivity index (χ1v) is 7.75. The average molecular weight is 324 g/mol. The third kappa shape index (κ3) is 4.29. The molecule has 0 aliphatic rings. The largest absolute Gasteiger partial charge is 0.497 e. The first kappa shape index (κ1) is 16.0. The lowest BCUT2D eigenvalue weighted by Gasteiger charge is -2.21. The van der Waals surface area contributed by atoms with E-state index in [0.717, 1.165) is 29.3 Å². The van der Waals surface area contributed by atoms with Gasteiger partial charge < -0.3 is 10.1 Å². The van der Waals surface area contributed by atoms with Crippen LogP contribution in [-0.4, -0.2) is 7.11 Å². The number of benzene rings is 2. The second kappa shape index (κ2) is 7.58. The van der Waals surface area contributed by atoms with E-state index in [1.807, 2.05) is 42.5 Å². The van der Waals surface area contributed by atoms with Gasteiger partial charge in [0, 0.05) is 11.1 Å². The van der Waals surface area contributed by atoms with Crippen molar-refractivity contribution in [1.82, 2.24) is 0 Å². The lowest BCUT2D eigenvalue weighted by atomic mass is 10.0. The van der Waals surface area contributed by atoms with Crippen molar-refractivity contribution in [2.45, 2.75) is 25.8 Å². The van der Waals surface area contributed by atoms with E-state index in [1.54, 1.807) is 7.11 Å². The minimum absolute atomic E-state index is 0.192. The van der Waals surface area contributed by atoms with Gasteiger partial charge in [-0.25, -0.2) is 0 Å². The summed E-state index contributed by atoms with van der Waals surface area (Å²) >= 11 is 12.2. The molecule has 0 heterocycles. The molecule has 0 saturated carbocycles. The van der Waals surface area contributed by atoms with E-state index in [0.29, 0.717) is 5.02 Å². The monoisotopic (exact) mass is 323 g/mol. The number of hydrogen-bond acceptors (Lipinski definition) is 2. The van der Waals surface area contributed by atoms with Gasteiger partial charge >= 0.3 is 0 Å². The summed E-state index contributed by atoms with van der Waals surface area (Å²) in [6.07, 6.45) is 2.08. The zero-order valence-electron chi connectivity index (χ0n) is 12.2. The topological polar surface area (TPSA) is 21.3 Å². The van der Waals surface area contributed by atoms with Gasteiger partial charge in [-0.2, -0.15) is 0 Å². The Morgan fingerprint density at radius 2 is 1.81 bits per heavy atom. The maximum atomic E-state index is 6.27. The third-order valence-electron chi connectivity index (χ3n) is 3.35. The highest BCUT2D eigenvalue weighted by Crippen LogP contribution is 2.32. The highest BCUT2D eigenvalue weighted by atomic mass is 35.5. The molecule has 0 aromatic heterocycles. The van der Waals surface area contributed by atoms with Crippen LogP contribution in [-0.2, 0) is 0 Å². The minimum atomic E-state index is 0.192. The molecule has 1 unspecified atom stereocenters. The van der Waals surface area contributed by atoms with Crippen molar-refractivity contribution in [2.75, 3.05) is 12.4 Å². The van der Waals surface area contributed by atoms with Crippen LogP contribution < -0.4 is 10.1 Å². The summed E-state index contributed by atoms with van der Waals surface area (Å²) in [6.45, 7) is 2.16. The van der Waals surface area contributed by atoms with Crippen LogP contribution in [0.5, 0.6) is 5.75 Å². The van der Waals surface area contributed by atoms with Crippen molar-refractivity contribution in [3.8, 4) is 5.75 Å². The van der Waals surface area contributed by atoms with Gasteiger partial charge in [-0.3, -0.25) is 0 Å². The molecule has 1 atom stereocenters. The number of methoxy groups -OCH3 is 1. The summed E-state index contributed by atoms with van der Waals surface area (Å²) in [5.41, 5.74) is 2.07. The van der Waals surface area contributed by atoms with E-state index in [1.165, 1.54) is 5.56 Å². The van der Waals surface area contributed by atoms with E-state index >= 15 is 0 Å². The van der Waals surface area contributed by atoms with E-state index in [2.05, 4.69) is 12.2 Å². The quantitative estimate of drug-likeness (QED) is 0.708. The van der Waals surface area contributed by atoms with Gasteiger partial charge in [-0.15, -0.1) is 0 Å². The highest BCUT2D eigenvalue weighted by Gasteiger charge is 2.13. The molecular weight excluding hydrogens is 305 g/mol. The molecular formula is C17H19Cl2NO. The lowest BCUT2D eigenvalue weighted by Crippen LogP contribution is -2.11. The number of ether oxygens (including phenoxy) is 1. The van der Waals surface area contributed by atoms with Gasteiger partial charge in [0.2, 0.25) is 0 Å². The second-order valence-electron chi connectivity index (χ2n) is 4.88. The van der Waals surface area contributed by atoms with Gasteiger partial charge in [0.25, 0.3) is 0 Å². The van der Waals surface area contributed by atoms with Gasteiger partial charge in [0.1, 0.15) is 5.75 Å². The number of rotatable bonds is 6. The first-order chi connectivity index (χ1) is 10.1. The Balaban J connectivity index is 2.25. The van der Waals surface area contributed by atoms with Crippen molar-refractivity contribution in [3.05, 3.63) is 58.1 Å². The highest BCUT2D eigenvalue weighted by molar-refractivity contribution is 6.33. The minimum Gasteiger partial charge on any atom is -0.497 e. The Bertz CT molecular complexity index is 584. The van der Waals surface area contributed by atoms with Crippen molar-refractivity contribution in [3.63, 3.8) is 0 Å². The molecule has 0 bridgehead atoms. The van der Waals surface area contributed by atoms with Crippen LogP contribution in [0.3, 0.4) is 0 Å². The molecule has 0 fully saturated rings. The summed E-state index contributed by atoms with van der Waals surface area (Å²) in [5.74, 6) is 0.785. The molecule has 112 valence electrons. The summed E-state index contributed by atoms with van der Waals surface area (Å²) in [5, 5.41) is 4.93. The second-order valence-corrected chi connectivity index (χ2v) is 5.73. The van der Waals surface area contributed by atoms with Crippen LogP contribution in [0.1, 0.15) is 31.4 Å². The van der Waals surface area contributed by atoms with Crippen LogP contribution in [0.2, 0.25) is 10.0 Å². The van der Waals surface area contributed by atoms with Crippen molar-refractivity contribution in [2.24, 2.45) is 0 Å². The molecule has 2 rings (SSSR count). The third-order valence-corrected chi connectivity index (χ3v) is 3.93. The smallest absolute Gasteiger partial charge is 0.121 e. The van der Waals surface area contributed by atoms with E-state index in [-0.39, 0.29) is 6.04 Å². The fourth-order valence-electron chi connectivity index (χ4n) is 2.24. The molecule has 2 aromatic rings. The van der Waals surface area contributed by atoms with E-state index in [4.69, 9.17) is 27.9 Å². The Labute approximate surface area is 136 Å². The molecule has 2 nitrogen and oxygen atoms in total. The zero-order valence-corrected chi connectivity index (χ0v) is 13.7. The van der Waals surface area contributed by atoms with Gasteiger partial charge in [0.05, 0.1) is 23.9 Å². The zero-order chi connectivity index (χ0) is 15.2. The molecule has 0 radical (unpaired) electrons. The van der Waals surface area contributed by atoms with E-state index in [9.17, 15) is 0 Å². The predicted octanol–water partition coefficient (Wildman–Crippen LogP) is 5.96. The number of anilines is 1. The molecule has 2 aromatic carbocycles. The van der Waals surface area contributed by atoms with E-state index < -0.39 is 0 Å². The van der Waals surface area contributed by atoms with Crippen LogP contribution in [0, 0.1) is 0 Å². The van der Waals surface area contributed by atoms with Crippen LogP contribution in [0.15, 0.2) is 42.5 Å². The van der Waals surface area contributed by atoms with Gasteiger partial charge in [-0.05, 0) is 36.2 Å². The Hall–Kier alpha value is -1.38. The molecule has 0 aliphatic heterocycles. The molecule has 1 N–H and O–H groups in total. The number of nitrogens with one attached hydrogen (secondary N) is 1.